The lowest BCUT2D eigenvalue weighted by Crippen LogP contribution is -1.97. The molecule has 0 unspecified atom stereocenters. The van der Waals surface area contributed by atoms with Gasteiger partial charge in [0.15, 0.2) is 0 Å². The molecule has 0 aliphatic carbocycles. The van der Waals surface area contributed by atoms with Crippen molar-refractivity contribution in [2.24, 2.45) is 0 Å². The van der Waals surface area contributed by atoms with Gasteiger partial charge >= 0.3 is 5.97 Å². The summed E-state index contributed by atoms with van der Waals surface area (Å²) in [5.41, 5.74) is 0. The highest BCUT2D eigenvalue weighted by Gasteiger charge is 1.98. The average Bonchev–Trinajstić information content (AvgIpc) is 2.03. The lowest BCUT2D eigenvalue weighted by atomic mass is 10.6. The van der Waals surface area contributed by atoms with E-state index in [2.05, 4.69) is 10.2 Å². The Labute approximate surface area is 67.6 Å². The second-order valence-electron chi connectivity index (χ2n) is 1.76. The van der Waals surface area contributed by atoms with Crippen molar-refractivity contribution in [2.45, 2.75) is 4.90 Å². The molecule has 0 radical (unpaired) electrons. The van der Waals surface area contributed by atoms with E-state index >= 15 is 0 Å². The molecule has 0 fully saturated rings. The minimum atomic E-state index is -0.827. The number of rotatable bonds is 3. The number of thioether (sulfide) groups is 1. The first-order valence-electron chi connectivity index (χ1n) is 2.90. The van der Waals surface area contributed by atoms with Crippen LogP contribution >= 0.6 is 11.8 Å². The Kier molecular flexibility index (Phi) is 2.85. The standard InChI is InChI=1S/C6H6N2O2S/c9-6(10)4-11-5-1-2-7-8-3-5/h1-3H,4H2,(H,9,10). The van der Waals surface area contributed by atoms with Crippen LogP contribution in [0.4, 0.5) is 0 Å². The van der Waals surface area contributed by atoms with E-state index in [0.717, 1.165) is 4.90 Å². The Morgan fingerprint density at radius 2 is 2.45 bits per heavy atom. The Balaban J connectivity index is 2.45. The zero-order chi connectivity index (χ0) is 8.10. The predicted molar refractivity (Wildman–Crippen MR) is 40.4 cm³/mol. The van der Waals surface area contributed by atoms with Gasteiger partial charge in [-0.1, -0.05) is 0 Å². The third-order valence-electron chi connectivity index (χ3n) is 0.919. The van der Waals surface area contributed by atoms with Crippen LogP contribution in [0.5, 0.6) is 0 Å². The molecule has 0 aliphatic heterocycles. The van der Waals surface area contributed by atoms with E-state index in [-0.39, 0.29) is 5.75 Å². The van der Waals surface area contributed by atoms with Crippen LogP contribution in [0.2, 0.25) is 0 Å². The van der Waals surface area contributed by atoms with Crippen LogP contribution < -0.4 is 0 Å². The van der Waals surface area contributed by atoms with Gasteiger partial charge in [0.1, 0.15) is 0 Å². The van der Waals surface area contributed by atoms with Gasteiger partial charge in [0, 0.05) is 4.90 Å². The summed E-state index contributed by atoms with van der Waals surface area (Å²) in [7, 11) is 0. The molecule has 1 aromatic heterocycles. The van der Waals surface area contributed by atoms with E-state index < -0.39 is 5.97 Å². The third-order valence-corrected chi connectivity index (χ3v) is 1.89. The zero-order valence-corrected chi connectivity index (χ0v) is 6.41. The number of aliphatic carboxylic acids is 1. The number of carbonyl (C=O) groups is 1. The Bertz CT molecular complexity index is 240. The van der Waals surface area contributed by atoms with E-state index in [4.69, 9.17) is 5.11 Å². The molecule has 5 heteroatoms. The van der Waals surface area contributed by atoms with E-state index in [0.29, 0.717) is 0 Å². The van der Waals surface area contributed by atoms with Crippen molar-refractivity contribution in [1.29, 1.82) is 0 Å². The van der Waals surface area contributed by atoms with Gasteiger partial charge in [0.25, 0.3) is 0 Å². The highest BCUT2D eigenvalue weighted by atomic mass is 32.2. The Morgan fingerprint density at radius 3 is 3.00 bits per heavy atom. The zero-order valence-electron chi connectivity index (χ0n) is 5.60. The molecule has 0 atom stereocenters. The molecular weight excluding hydrogens is 164 g/mol. The van der Waals surface area contributed by atoms with Crippen molar-refractivity contribution >= 4 is 17.7 Å². The van der Waals surface area contributed by atoms with Crippen LogP contribution in [0, 0.1) is 0 Å². The van der Waals surface area contributed by atoms with E-state index in [1.165, 1.54) is 24.2 Å². The van der Waals surface area contributed by atoms with Crippen molar-refractivity contribution in [3.05, 3.63) is 18.5 Å². The Hall–Kier alpha value is -1.10. The molecule has 0 aliphatic rings. The molecule has 0 aromatic carbocycles. The van der Waals surface area contributed by atoms with Crippen molar-refractivity contribution in [2.75, 3.05) is 5.75 Å². The average molecular weight is 170 g/mol. The van der Waals surface area contributed by atoms with Crippen LogP contribution in [0.1, 0.15) is 0 Å². The van der Waals surface area contributed by atoms with Gasteiger partial charge in [-0.25, -0.2) is 0 Å². The predicted octanol–water partition coefficient (Wildman–Crippen LogP) is 0.653. The van der Waals surface area contributed by atoms with Crippen LogP contribution in [0.3, 0.4) is 0 Å². The number of carboxylic acid groups (broad SMARTS) is 1. The molecule has 1 aromatic rings. The highest BCUT2D eigenvalue weighted by Crippen LogP contribution is 2.13. The quantitative estimate of drug-likeness (QED) is 0.675. The minimum Gasteiger partial charge on any atom is -0.481 e. The second kappa shape index (κ2) is 3.92. The summed E-state index contributed by atoms with van der Waals surface area (Å²) in [6.45, 7) is 0. The second-order valence-corrected chi connectivity index (χ2v) is 2.81. The lowest BCUT2D eigenvalue weighted by Gasteiger charge is -1.93. The number of nitrogens with zero attached hydrogens (tertiary/aromatic N) is 2. The molecule has 1 heterocycles. The van der Waals surface area contributed by atoms with E-state index in [9.17, 15) is 4.79 Å². The van der Waals surface area contributed by atoms with Crippen molar-refractivity contribution in [3.8, 4) is 0 Å². The van der Waals surface area contributed by atoms with Crippen LogP contribution in [-0.2, 0) is 4.79 Å². The fourth-order valence-corrected chi connectivity index (χ4v) is 1.08. The van der Waals surface area contributed by atoms with Gasteiger partial charge < -0.3 is 5.11 Å². The van der Waals surface area contributed by atoms with Gasteiger partial charge in [-0.3, -0.25) is 4.79 Å². The number of hydrogen-bond donors (Lipinski definition) is 1. The molecule has 1 N–H and O–H groups in total. The van der Waals surface area contributed by atoms with Gasteiger partial charge in [0.05, 0.1) is 18.1 Å². The smallest absolute Gasteiger partial charge is 0.313 e. The van der Waals surface area contributed by atoms with E-state index in [1.807, 2.05) is 0 Å². The summed E-state index contributed by atoms with van der Waals surface area (Å²) in [5.74, 6) is -0.766. The first-order valence-corrected chi connectivity index (χ1v) is 3.89. The SMILES string of the molecule is O=C(O)CSc1ccnnc1. The van der Waals surface area contributed by atoms with Crippen LogP contribution in [0.25, 0.3) is 0 Å². The highest BCUT2D eigenvalue weighted by molar-refractivity contribution is 8.00. The summed E-state index contributed by atoms with van der Waals surface area (Å²) in [6, 6.07) is 1.72. The van der Waals surface area contributed by atoms with Gasteiger partial charge in [-0.05, 0) is 6.07 Å². The molecule has 0 bridgehead atoms. The fourth-order valence-electron chi connectivity index (χ4n) is 0.509. The van der Waals surface area contributed by atoms with Gasteiger partial charge in [0.2, 0.25) is 0 Å². The largest absolute Gasteiger partial charge is 0.481 e. The van der Waals surface area contributed by atoms with Gasteiger partial charge in [-0.2, -0.15) is 10.2 Å². The van der Waals surface area contributed by atoms with Crippen molar-refractivity contribution < 1.29 is 9.90 Å². The minimum absolute atomic E-state index is 0.0612. The lowest BCUT2D eigenvalue weighted by molar-refractivity contribution is -0.133. The molecule has 0 saturated heterocycles. The monoisotopic (exact) mass is 170 g/mol. The maximum absolute atomic E-state index is 10.1. The molecule has 0 spiro atoms. The summed E-state index contributed by atoms with van der Waals surface area (Å²) in [5, 5.41) is 15.5. The van der Waals surface area contributed by atoms with Crippen LogP contribution in [-0.4, -0.2) is 27.0 Å². The van der Waals surface area contributed by atoms with Crippen LogP contribution in [0.15, 0.2) is 23.4 Å². The molecular formula is C6H6N2O2S. The maximum Gasteiger partial charge on any atom is 0.313 e. The first-order chi connectivity index (χ1) is 5.29. The Morgan fingerprint density at radius 1 is 1.64 bits per heavy atom. The maximum atomic E-state index is 10.1. The third kappa shape index (κ3) is 2.99. The molecule has 58 valence electrons. The molecule has 11 heavy (non-hydrogen) atoms. The first kappa shape index (κ1) is 8.00. The van der Waals surface area contributed by atoms with E-state index in [1.54, 1.807) is 6.07 Å². The molecule has 0 saturated carbocycles. The summed E-state index contributed by atoms with van der Waals surface area (Å²) in [4.78, 5) is 10.9. The topological polar surface area (TPSA) is 63.1 Å². The normalized spacial score (nSPS) is 9.45. The summed E-state index contributed by atoms with van der Waals surface area (Å²) >= 11 is 1.23. The van der Waals surface area contributed by atoms with Crippen molar-refractivity contribution in [1.82, 2.24) is 10.2 Å². The summed E-state index contributed by atoms with van der Waals surface area (Å²) in [6.07, 6.45) is 3.07. The van der Waals surface area contributed by atoms with Crippen molar-refractivity contribution in [3.63, 3.8) is 0 Å². The van der Waals surface area contributed by atoms with Gasteiger partial charge in [-0.15, -0.1) is 11.8 Å². The fraction of sp³-hybridized carbons (Fsp3) is 0.167. The number of hydrogen-bond acceptors (Lipinski definition) is 4. The molecule has 1 rings (SSSR count). The molecule has 0 amide bonds. The number of aromatic nitrogens is 2. The number of carboxylic acids is 1. The summed E-state index contributed by atoms with van der Waals surface area (Å²) < 4.78 is 0. The molecule has 4 nitrogen and oxygen atoms in total.